The molecule has 3 aliphatic rings. The maximum absolute atomic E-state index is 14.0. The van der Waals surface area contributed by atoms with Crippen molar-refractivity contribution >= 4 is 35.4 Å². The minimum absolute atomic E-state index is 0.130. The normalized spacial score (nSPS) is 28.0. The SMILES string of the molecule is CC[C@@H]1NC(=O)[C@@H](NC(=O)C2CCOCC2)CCCCNC(=O)[C@@H]2CCCN2C(=O)[C@@H](Cc2ccccc2)NC(=O)[C@H]([C@@H](C)O)NC1=O. The predicted octanol–water partition coefficient (Wildman–Crippen LogP) is -0.323. The summed E-state index contributed by atoms with van der Waals surface area (Å²) in [5.41, 5.74) is 0.777. The summed E-state index contributed by atoms with van der Waals surface area (Å²) in [6.07, 6.45) is 2.40. The van der Waals surface area contributed by atoms with E-state index in [9.17, 15) is 33.9 Å². The number of ether oxygens (including phenoxy) is 1. The van der Waals surface area contributed by atoms with Crippen LogP contribution in [0.1, 0.15) is 70.8 Å². The van der Waals surface area contributed by atoms with Gasteiger partial charge in [-0.15, -0.1) is 0 Å². The number of hydrogen-bond donors (Lipinski definition) is 6. The third-order valence-electron chi connectivity index (χ3n) is 9.28. The summed E-state index contributed by atoms with van der Waals surface area (Å²) < 4.78 is 5.36. The molecule has 1 aromatic rings. The van der Waals surface area contributed by atoms with Crippen LogP contribution in [0.15, 0.2) is 30.3 Å². The molecule has 1 aromatic carbocycles. The van der Waals surface area contributed by atoms with E-state index in [-0.39, 0.29) is 37.0 Å². The fourth-order valence-corrected chi connectivity index (χ4v) is 6.42. The van der Waals surface area contributed by atoms with E-state index in [0.29, 0.717) is 64.8 Å². The van der Waals surface area contributed by atoms with Crippen LogP contribution in [0.3, 0.4) is 0 Å². The number of fused-ring (bicyclic) bond motifs is 1. The van der Waals surface area contributed by atoms with E-state index in [0.717, 1.165) is 5.56 Å². The number of carbonyl (C=O) groups excluding carboxylic acids is 6. The van der Waals surface area contributed by atoms with Gasteiger partial charge in [0.15, 0.2) is 0 Å². The van der Waals surface area contributed by atoms with E-state index in [4.69, 9.17) is 4.74 Å². The van der Waals surface area contributed by atoms with Gasteiger partial charge in [-0.3, -0.25) is 28.8 Å². The second kappa shape index (κ2) is 17.9. The van der Waals surface area contributed by atoms with Crippen LogP contribution in [0.5, 0.6) is 0 Å². The van der Waals surface area contributed by atoms with Crippen molar-refractivity contribution in [2.45, 2.75) is 108 Å². The summed E-state index contributed by atoms with van der Waals surface area (Å²) in [5.74, 6) is -3.31. The van der Waals surface area contributed by atoms with Crippen LogP contribution >= 0.6 is 0 Å². The highest BCUT2D eigenvalue weighted by Gasteiger charge is 2.39. The Labute approximate surface area is 281 Å². The highest BCUT2D eigenvalue weighted by Crippen LogP contribution is 2.21. The molecule has 0 radical (unpaired) electrons. The van der Waals surface area contributed by atoms with Gasteiger partial charge in [0, 0.05) is 38.6 Å². The lowest BCUT2D eigenvalue weighted by Gasteiger charge is -2.30. The van der Waals surface area contributed by atoms with Crippen LogP contribution in [-0.4, -0.2) is 108 Å². The van der Waals surface area contributed by atoms with E-state index in [1.807, 2.05) is 30.3 Å². The Morgan fingerprint density at radius 1 is 0.896 bits per heavy atom. The minimum atomic E-state index is -1.45. The summed E-state index contributed by atoms with van der Waals surface area (Å²) in [6.45, 7) is 4.60. The van der Waals surface area contributed by atoms with Gasteiger partial charge in [-0.05, 0) is 63.9 Å². The Kier molecular flexibility index (Phi) is 13.7. The zero-order chi connectivity index (χ0) is 34.6. The first-order valence-electron chi connectivity index (χ1n) is 17.2. The van der Waals surface area contributed by atoms with Gasteiger partial charge in [-0.25, -0.2) is 0 Å². The second-order valence-corrected chi connectivity index (χ2v) is 12.9. The highest BCUT2D eigenvalue weighted by molar-refractivity contribution is 5.97. The first-order chi connectivity index (χ1) is 23.1. The van der Waals surface area contributed by atoms with E-state index < -0.39 is 59.9 Å². The van der Waals surface area contributed by atoms with Crippen LogP contribution in [0, 0.1) is 5.92 Å². The smallest absolute Gasteiger partial charge is 0.246 e. The van der Waals surface area contributed by atoms with Crippen LogP contribution in [0.25, 0.3) is 0 Å². The fraction of sp³-hybridized carbons (Fsp3) is 0.647. The van der Waals surface area contributed by atoms with Crippen molar-refractivity contribution in [2.24, 2.45) is 5.92 Å². The van der Waals surface area contributed by atoms with Crippen LogP contribution < -0.4 is 26.6 Å². The average molecular weight is 671 g/mol. The third kappa shape index (κ3) is 9.99. The van der Waals surface area contributed by atoms with E-state index in [2.05, 4.69) is 26.6 Å². The molecule has 6 atom stereocenters. The largest absolute Gasteiger partial charge is 0.391 e. The molecule has 0 unspecified atom stereocenters. The number of aliphatic hydroxyl groups is 1. The van der Waals surface area contributed by atoms with Crippen LogP contribution in [0.2, 0.25) is 0 Å². The van der Waals surface area contributed by atoms with Gasteiger partial charge in [0.05, 0.1) is 6.10 Å². The van der Waals surface area contributed by atoms with Crippen molar-refractivity contribution in [3.05, 3.63) is 35.9 Å². The Balaban J connectivity index is 1.59. The number of aliphatic hydroxyl groups excluding tert-OH is 1. The zero-order valence-corrected chi connectivity index (χ0v) is 27.9. The van der Waals surface area contributed by atoms with E-state index in [1.54, 1.807) is 6.92 Å². The van der Waals surface area contributed by atoms with Gasteiger partial charge in [-0.2, -0.15) is 0 Å². The number of hydrogen-bond acceptors (Lipinski definition) is 8. The lowest BCUT2D eigenvalue weighted by molar-refractivity contribution is -0.142. The van der Waals surface area contributed by atoms with Gasteiger partial charge in [0.2, 0.25) is 35.4 Å². The Morgan fingerprint density at radius 2 is 1.60 bits per heavy atom. The van der Waals surface area contributed by atoms with Crippen molar-refractivity contribution in [1.82, 2.24) is 31.5 Å². The second-order valence-electron chi connectivity index (χ2n) is 12.9. The Morgan fingerprint density at radius 3 is 2.29 bits per heavy atom. The van der Waals surface area contributed by atoms with E-state index in [1.165, 1.54) is 11.8 Å². The molecule has 4 rings (SSSR count). The molecule has 14 heteroatoms. The van der Waals surface area contributed by atoms with Gasteiger partial charge < -0.3 is 41.3 Å². The number of carbonyl (C=O) groups is 6. The molecule has 0 aromatic heterocycles. The van der Waals surface area contributed by atoms with Gasteiger partial charge in [0.25, 0.3) is 0 Å². The van der Waals surface area contributed by atoms with Gasteiger partial charge >= 0.3 is 0 Å². The molecule has 6 N–H and O–H groups in total. The standard InChI is InChI=1S/C34H50N6O8/c1-3-24-30(43)39-28(21(2)41)33(46)38-26(20-22-10-5-4-6-11-22)34(47)40-17-9-13-27(40)32(45)35-16-8-7-12-25(31(44)36-24)37-29(42)23-14-18-48-19-15-23/h4-6,10-11,21,23-28,41H,3,7-9,12-20H2,1-2H3,(H,35,45)(H,36,44)(H,37,42)(H,38,46)(H,39,43)/t21-,24+,25+,26-,27+,28+/m1/s1. The summed E-state index contributed by atoms with van der Waals surface area (Å²) >= 11 is 0. The molecule has 3 heterocycles. The Bertz CT molecular complexity index is 1290. The van der Waals surface area contributed by atoms with E-state index >= 15 is 0 Å². The van der Waals surface area contributed by atoms with Crippen molar-refractivity contribution < 1.29 is 38.6 Å². The summed E-state index contributed by atoms with van der Waals surface area (Å²) in [6, 6.07) is 3.87. The summed E-state index contributed by atoms with van der Waals surface area (Å²) in [7, 11) is 0. The molecule has 264 valence electrons. The molecule has 0 saturated carbocycles. The number of benzene rings is 1. The van der Waals surface area contributed by atoms with Crippen molar-refractivity contribution in [2.75, 3.05) is 26.3 Å². The molecule has 6 amide bonds. The third-order valence-corrected chi connectivity index (χ3v) is 9.28. The van der Waals surface area contributed by atoms with Crippen molar-refractivity contribution in [3.8, 4) is 0 Å². The molecule has 48 heavy (non-hydrogen) atoms. The summed E-state index contributed by atoms with van der Waals surface area (Å²) in [5, 5.41) is 24.4. The first kappa shape index (κ1) is 36.8. The molecule has 0 spiro atoms. The number of nitrogens with one attached hydrogen (secondary N) is 5. The maximum Gasteiger partial charge on any atom is 0.246 e. The molecule has 3 fully saturated rings. The zero-order valence-electron chi connectivity index (χ0n) is 27.9. The maximum atomic E-state index is 14.0. The fourth-order valence-electron chi connectivity index (χ4n) is 6.42. The molecule has 14 nitrogen and oxygen atoms in total. The summed E-state index contributed by atoms with van der Waals surface area (Å²) in [4.78, 5) is 82.4. The van der Waals surface area contributed by atoms with Crippen molar-refractivity contribution in [1.29, 1.82) is 0 Å². The highest BCUT2D eigenvalue weighted by atomic mass is 16.5. The number of nitrogens with zero attached hydrogens (tertiary/aromatic N) is 1. The van der Waals surface area contributed by atoms with Gasteiger partial charge in [0.1, 0.15) is 30.2 Å². The number of rotatable bonds is 6. The minimum Gasteiger partial charge on any atom is -0.391 e. The molecule has 0 bridgehead atoms. The molecule has 0 aliphatic carbocycles. The first-order valence-corrected chi connectivity index (χ1v) is 17.2. The predicted molar refractivity (Wildman–Crippen MR) is 175 cm³/mol. The molecular weight excluding hydrogens is 620 g/mol. The van der Waals surface area contributed by atoms with Crippen molar-refractivity contribution in [3.63, 3.8) is 0 Å². The lowest BCUT2D eigenvalue weighted by atomic mass is 9.98. The monoisotopic (exact) mass is 670 g/mol. The van der Waals surface area contributed by atoms with Gasteiger partial charge in [-0.1, -0.05) is 37.3 Å². The van der Waals surface area contributed by atoms with Crippen LogP contribution in [0.4, 0.5) is 0 Å². The van der Waals surface area contributed by atoms with Crippen LogP contribution in [-0.2, 0) is 39.9 Å². The molecular formula is C34H50N6O8. The number of amides is 6. The quantitative estimate of drug-likeness (QED) is 0.237. The lowest BCUT2D eigenvalue weighted by Crippen LogP contribution is -2.61. The molecule has 3 aliphatic heterocycles. The Hall–Kier alpha value is -4.04. The average Bonchev–Trinajstić information content (AvgIpc) is 3.58. The molecule has 3 saturated heterocycles. The topological polar surface area (TPSA) is 195 Å².